The minimum absolute atomic E-state index is 0.0496. The molecule has 1 amide bonds. The van der Waals surface area contributed by atoms with Crippen molar-refractivity contribution >= 4 is 37.4 Å². The average Bonchev–Trinajstić information content (AvgIpc) is 3.58. The van der Waals surface area contributed by atoms with E-state index in [1.54, 1.807) is 12.5 Å². The summed E-state index contributed by atoms with van der Waals surface area (Å²) >= 11 is 1.83. The molecule has 1 fully saturated rings. The van der Waals surface area contributed by atoms with Crippen LogP contribution in [0.3, 0.4) is 0 Å². The summed E-state index contributed by atoms with van der Waals surface area (Å²) < 4.78 is 4.47. The number of nitrogens with one attached hydrogen (secondary N) is 1. The lowest BCUT2D eigenvalue weighted by molar-refractivity contribution is 0.0931. The Morgan fingerprint density at radius 2 is 1.78 bits per heavy atom. The lowest BCUT2D eigenvalue weighted by atomic mass is 10.0. The molecule has 0 saturated heterocycles. The Balaban J connectivity index is 1.40. The lowest BCUT2D eigenvalue weighted by Crippen LogP contribution is -2.33. The second-order valence-electron chi connectivity index (χ2n) is 8.43. The normalized spacial score (nSPS) is 14.4. The van der Waals surface area contributed by atoms with Crippen LogP contribution in [0.15, 0.2) is 79.3 Å². The third-order valence-electron chi connectivity index (χ3n) is 6.40. The molecule has 158 valence electrons. The van der Waals surface area contributed by atoms with Crippen LogP contribution in [0, 0.1) is 0 Å². The maximum Gasteiger partial charge on any atom is 0.270 e. The van der Waals surface area contributed by atoms with E-state index in [4.69, 9.17) is 0 Å². The quantitative estimate of drug-likeness (QED) is 0.345. The van der Waals surface area contributed by atoms with E-state index in [2.05, 4.69) is 71.0 Å². The predicted octanol–water partition coefficient (Wildman–Crippen LogP) is 6.58. The summed E-state index contributed by atoms with van der Waals surface area (Å²) in [5, 5.41) is 5.76. The molecule has 0 spiro atoms. The number of thiophene rings is 1. The van der Waals surface area contributed by atoms with Gasteiger partial charge in [0.15, 0.2) is 0 Å². The van der Waals surface area contributed by atoms with Crippen LogP contribution < -0.4 is 5.32 Å². The number of aromatic nitrogens is 2. The zero-order chi connectivity index (χ0) is 21.5. The molecule has 2 heterocycles. The van der Waals surface area contributed by atoms with Gasteiger partial charge in [0, 0.05) is 31.9 Å². The van der Waals surface area contributed by atoms with Crippen LogP contribution in [0.1, 0.15) is 36.2 Å². The monoisotopic (exact) mass is 437 g/mol. The number of hydrogen-bond donors (Lipinski definition) is 1. The summed E-state index contributed by atoms with van der Waals surface area (Å²) in [5.74, 6) is -0.0496. The molecule has 4 nitrogen and oxygen atoms in total. The van der Waals surface area contributed by atoms with Crippen molar-refractivity contribution < 1.29 is 4.79 Å². The molecule has 32 heavy (non-hydrogen) atoms. The van der Waals surface area contributed by atoms with Gasteiger partial charge in [-0.2, -0.15) is 0 Å². The van der Waals surface area contributed by atoms with Crippen LogP contribution in [0.25, 0.3) is 37.0 Å². The van der Waals surface area contributed by atoms with Gasteiger partial charge < -0.3 is 5.32 Å². The van der Waals surface area contributed by atoms with Crippen molar-refractivity contribution in [3.8, 4) is 16.8 Å². The predicted molar refractivity (Wildman–Crippen MR) is 132 cm³/mol. The summed E-state index contributed by atoms with van der Waals surface area (Å²) in [4.78, 5) is 17.2. The lowest BCUT2D eigenvalue weighted by Gasteiger charge is -2.14. The minimum atomic E-state index is -0.0496. The van der Waals surface area contributed by atoms with Gasteiger partial charge in [-0.15, -0.1) is 11.3 Å². The van der Waals surface area contributed by atoms with Crippen LogP contribution in [-0.2, 0) is 0 Å². The Morgan fingerprint density at radius 3 is 2.69 bits per heavy atom. The number of benzene rings is 3. The van der Waals surface area contributed by atoms with Crippen molar-refractivity contribution in [1.82, 2.24) is 14.9 Å². The number of amides is 1. The molecule has 5 heteroatoms. The summed E-state index contributed by atoms with van der Waals surface area (Å²) in [6.45, 7) is 0. The van der Waals surface area contributed by atoms with E-state index in [1.165, 1.54) is 38.6 Å². The molecule has 5 aromatic rings. The molecule has 0 atom stereocenters. The van der Waals surface area contributed by atoms with Crippen molar-refractivity contribution in [1.29, 1.82) is 0 Å². The number of imidazole rings is 1. The number of hydrogen-bond acceptors (Lipinski definition) is 3. The molecule has 3 aromatic carbocycles. The summed E-state index contributed by atoms with van der Waals surface area (Å²) in [7, 11) is 0. The standard InChI is InChI=1S/C27H23N3OS/c31-27(29-19-8-1-2-9-19)24-16-28-17-30(24)20-10-5-7-18(15-20)21-12-6-13-23-22-11-3-4-14-25(22)32-26(21)23/h3-7,10-17,19H,1-2,8-9H2,(H,29,31). The highest BCUT2D eigenvalue weighted by molar-refractivity contribution is 7.26. The number of carbonyl (C=O) groups is 1. The van der Waals surface area contributed by atoms with Crippen LogP contribution in [0.2, 0.25) is 0 Å². The Bertz CT molecular complexity index is 1440. The Hall–Kier alpha value is -3.44. The van der Waals surface area contributed by atoms with Crippen molar-refractivity contribution in [2.75, 3.05) is 0 Å². The average molecular weight is 438 g/mol. The van der Waals surface area contributed by atoms with E-state index >= 15 is 0 Å². The van der Waals surface area contributed by atoms with Crippen molar-refractivity contribution in [2.24, 2.45) is 0 Å². The van der Waals surface area contributed by atoms with Crippen molar-refractivity contribution in [3.63, 3.8) is 0 Å². The molecule has 0 radical (unpaired) electrons. The van der Waals surface area contributed by atoms with Gasteiger partial charge in [0.05, 0.1) is 12.5 Å². The molecule has 1 aliphatic rings. The van der Waals surface area contributed by atoms with Gasteiger partial charge in [0.1, 0.15) is 5.69 Å². The first-order valence-corrected chi connectivity index (χ1v) is 11.9. The van der Waals surface area contributed by atoms with E-state index < -0.39 is 0 Å². The summed E-state index contributed by atoms with van der Waals surface area (Å²) in [6.07, 6.45) is 7.89. The molecule has 0 bridgehead atoms. The minimum Gasteiger partial charge on any atom is -0.348 e. The molecule has 1 saturated carbocycles. The molecule has 0 unspecified atom stereocenters. The zero-order valence-corrected chi connectivity index (χ0v) is 18.4. The molecule has 6 rings (SSSR count). The number of nitrogens with zero attached hydrogens (tertiary/aromatic N) is 2. The first-order chi connectivity index (χ1) is 15.8. The highest BCUT2D eigenvalue weighted by Crippen LogP contribution is 2.40. The second-order valence-corrected chi connectivity index (χ2v) is 9.49. The molecule has 2 aromatic heterocycles. The van der Waals surface area contributed by atoms with Gasteiger partial charge in [-0.3, -0.25) is 9.36 Å². The summed E-state index contributed by atoms with van der Waals surface area (Å²) in [5.41, 5.74) is 3.86. The van der Waals surface area contributed by atoms with Crippen LogP contribution >= 0.6 is 11.3 Å². The number of fused-ring (bicyclic) bond motifs is 3. The van der Waals surface area contributed by atoms with E-state index in [9.17, 15) is 4.79 Å². The molecule has 1 N–H and O–H groups in total. The van der Waals surface area contributed by atoms with E-state index in [0.29, 0.717) is 5.69 Å². The fraction of sp³-hybridized carbons (Fsp3) is 0.185. The maximum absolute atomic E-state index is 12.9. The van der Waals surface area contributed by atoms with Gasteiger partial charge in [-0.05, 0) is 42.2 Å². The van der Waals surface area contributed by atoms with Crippen LogP contribution in [0.5, 0.6) is 0 Å². The van der Waals surface area contributed by atoms with Crippen LogP contribution in [-0.4, -0.2) is 21.5 Å². The third kappa shape index (κ3) is 3.30. The van der Waals surface area contributed by atoms with Crippen molar-refractivity contribution in [2.45, 2.75) is 31.7 Å². The summed E-state index contributed by atoms with van der Waals surface area (Å²) in [6, 6.07) is 23.7. The van der Waals surface area contributed by atoms with Gasteiger partial charge in [0.2, 0.25) is 0 Å². The first kappa shape index (κ1) is 19.3. The van der Waals surface area contributed by atoms with Gasteiger partial charge in [-0.1, -0.05) is 61.4 Å². The Morgan fingerprint density at radius 1 is 0.969 bits per heavy atom. The fourth-order valence-electron chi connectivity index (χ4n) is 4.80. The van der Waals surface area contributed by atoms with E-state index in [0.717, 1.165) is 24.1 Å². The van der Waals surface area contributed by atoms with E-state index in [1.807, 2.05) is 22.0 Å². The topological polar surface area (TPSA) is 46.9 Å². The van der Waals surface area contributed by atoms with Crippen LogP contribution in [0.4, 0.5) is 0 Å². The SMILES string of the molecule is O=C(NC1CCCC1)c1cncn1-c1cccc(-c2cccc3c2sc2ccccc23)c1. The van der Waals surface area contributed by atoms with Gasteiger partial charge in [0.25, 0.3) is 5.91 Å². The Kier molecular flexibility index (Phi) is 4.76. The number of carbonyl (C=O) groups excluding carboxylic acids is 1. The Labute approximate surface area is 190 Å². The van der Waals surface area contributed by atoms with E-state index in [-0.39, 0.29) is 11.9 Å². The maximum atomic E-state index is 12.9. The van der Waals surface area contributed by atoms with Gasteiger partial charge >= 0.3 is 0 Å². The molecular formula is C27H23N3OS. The third-order valence-corrected chi connectivity index (χ3v) is 7.62. The number of rotatable bonds is 4. The highest BCUT2D eigenvalue weighted by Gasteiger charge is 2.20. The first-order valence-electron chi connectivity index (χ1n) is 11.1. The van der Waals surface area contributed by atoms with Crippen molar-refractivity contribution in [3.05, 3.63) is 84.9 Å². The molecular weight excluding hydrogens is 414 g/mol. The smallest absolute Gasteiger partial charge is 0.270 e. The molecule has 0 aliphatic heterocycles. The zero-order valence-electron chi connectivity index (χ0n) is 17.6. The highest BCUT2D eigenvalue weighted by atomic mass is 32.1. The van der Waals surface area contributed by atoms with Gasteiger partial charge in [-0.25, -0.2) is 4.98 Å². The largest absolute Gasteiger partial charge is 0.348 e. The second kappa shape index (κ2) is 7.92. The molecule has 1 aliphatic carbocycles. The fourth-order valence-corrected chi connectivity index (χ4v) is 6.03.